The van der Waals surface area contributed by atoms with Gasteiger partial charge < -0.3 is 10.6 Å². The van der Waals surface area contributed by atoms with Gasteiger partial charge >= 0.3 is 0 Å². The number of hydrogen-bond acceptors (Lipinski definition) is 4. The van der Waals surface area contributed by atoms with Crippen LogP contribution >= 0.6 is 12.4 Å². The molecule has 0 radical (unpaired) electrons. The maximum Gasteiger partial charge on any atom is 0.269 e. The summed E-state index contributed by atoms with van der Waals surface area (Å²) in [5, 5.41) is 17.0. The summed E-state index contributed by atoms with van der Waals surface area (Å²) >= 11 is 0. The number of carbonyl (C=O) groups is 1. The Morgan fingerprint density at radius 1 is 1.52 bits per heavy atom. The molecule has 116 valence electrons. The van der Waals surface area contributed by atoms with Gasteiger partial charge in [-0.15, -0.1) is 12.4 Å². The highest BCUT2D eigenvalue weighted by Crippen LogP contribution is 2.14. The molecule has 0 spiro atoms. The fraction of sp³-hybridized carbons (Fsp3) is 0.500. The SMILES string of the molecule is CC1CNCCC1NC(=O)Cc1cccc([N+](=O)[O-])c1.Cl. The van der Waals surface area contributed by atoms with Crippen LogP contribution in [0.2, 0.25) is 0 Å². The lowest BCUT2D eigenvalue weighted by atomic mass is 9.95. The predicted molar refractivity (Wildman–Crippen MR) is 82.6 cm³/mol. The molecule has 1 aromatic rings. The molecule has 0 saturated carbocycles. The van der Waals surface area contributed by atoms with Gasteiger partial charge in [0.05, 0.1) is 11.3 Å². The first-order valence-electron chi connectivity index (χ1n) is 6.79. The zero-order valence-electron chi connectivity index (χ0n) is 11.9. The quantitative estimate of drug-likeness (QED) is 0.654. The van der Waals surface area contributed by atoms with Crippen LogP contribution < -0.4 is 10.6 Å². The highest BCUT2D eigenvalue weighted by molar-refractivity contribution is 5.85. The summed E-state index contributed by atoms with van der Waals surface area (Å²) < 4.78 is 0. The molecule has 0 aromatic heterocycles. The van der Waals surface area contributed by atoms with Crippen LogP contribution in [0.4, 0.5) is 5.69 Å². The van der Waals surface area contributed by atoms with E-state index in [-0.39, 0.29) is 36.5 Å². The number of rotatable bonds is 4. The van der Waals surface area contributed by atoms with E-state index in [1.165, 1.54) is 12.1 Å². The van der Waals surface area contributed by atoms with Gasteiger partial charge in [-0.2, -0.15) is 0 Å². The van der Waals surface area contributed by atoms with Crippen LogP contribution in [0.1, 0.15) is 18.9 Å². The molecule has 2 unspecified atom stereocenters. The number of nitrogens with zero attached hydrogens (tertiary/aromatic N) is 1. The Hall–Kier alpha value is -1.66. The number of hydrogen-bond donors (Lipinski definition) is 2. The van der Waals surface area contributed by atoms with Crippen LogP contribution in [0.5, 0.6) is 0 Å². The van der Waals surface area contributed by atoms with Crippen LogP contribution in [0.3, 0.4) is 0 Å². The second kappa shape index (κ2) is 7.95. The monoisotopic (exact) mass is 313 g/mol. The van der Waals surface area contributed by atoms with Gasteiger partial charge in [-0.1, -0.05) is 19.1 Å². The van der Waals surface area contributed by atoms with Gasteiger partial charge in [0.15, 0.2) is 0 Å². The van der Waals surface area contributed by atoms with Crippen LogP contribution in [0, 0.1) is 16.0 Å². The second-order valence-electron chi connectivity index (χ2n) is 5.25. The Morgan fingerprint density at radius 3 is 2.95 bits per heavy atom. The third-order valence-electron chi connectivity index (χ3n) is 3.62. The molecule has 0 bridgehead atoms. The third-order valence-corrected chi connectivity index (χ3v) is 3.62. The van der Waals surface area contributed by atoms with Gasteiger partial charge in [-0.25, -0.2) is 0 Å². The molecule has 1 aromatic carbocycles. The molecule has 2 atom stereocenters. The summed E-state index contributed by atoms with van der Waals surface area (Å²) in [4.78, 5) is 22.3. The first-order valence-corrected chi connectivity index (χ1v) is 6.79. The Bertz CT molecular complexity index is 510. The van der Waals surface area contributed by atoms with Gasteiger partial charge in [-0.05, 0) is 31.0 Å². The highest BCUT2D eigenvalue weighted by atomic mass is 35.5. The Labute approximate surface area is 129 Å². The van der Waals surface area contributed by atoms with Gasteiger partial charge in [-0.3, -0.25) is 14.9 Å². The van der Waals surface area contributed by atoms with Gasteiger partial charge in [0.1, 0.15) is 0 Å². The molecule has 6 nitrogen and oxygen atoms in total. The molecule has 7 heteroatoms. The van der Waals surface area contributed by atoms with E-state index in [2.05, 4.69) is 17.6 Å². The van der Waals surface area contributed by atoms with Gasteiger partial charge in [0.2, 0.25) is 5.91 Å². The number of carbonyl (C=O) groups excluding carboxylic acids is 1. The Kier molecular flexibility index (Phi) is 6.58. The third kappa shape index (κ3) is 4.99. The average Bonchev–Trinajstić information content (AvgIpc) is 2.41. The van der Waals surface area contributed by atoms with Crippen molar-refractivity contribution in [3.8, 4) is 0 Å². The van der Waals surface area contributed by atoms with E-state index in [4.69, 9.17) is 0 Å². The second-order valence-corrected chi connectivity index (χ2v) is 5.25. The molecule has 1 saturated heterocycles. The summed E-state index contributed by atoms with van der Waals surface area (Å²) in [5.41, 5.74) is 0.684. The van der Waals surface area contributed by atoms with Gasteiger partial charge in [0, 0.05) is 18.2 Å². The van der Waals surface area contributed by atoms with E-state index >= 15 is 0 Å². The first-order chi connectivity index (χ1) is 9.56. The van der Waals surface area contributed by atoms with Crippen LogP contribution in [0.25, 0.3) is 0 Å². The van der Waals surface area contributed by atoms with Crippen LogP contribution in [-0.2, 0) is 11.2 Å². The van der Waals surface area contributed by atoms with E-state index in [0.717, 1.165) is 19.5 Å². The van der Waals surface area contributed by atoms with Crippen LogP contribution in [-0.4, -0.2) is 30.0 Å². The summed E-state index contributed by atoms with van der Waals surface area (Å²) in [5.74, 6) is 0.321. The summed E-state index contributed by atoms with van der Waals surface area (Å²) in [7, 11) is 0. The summed E-state index contributed by atoms with van der Waals surface area (Å²) in [6.07, 6.45) is 1.10. The summed E-state index contributed by atoms with van der Waals surface area (Å²) in [6.45, 7) is 3.91. The number of piperidine rings is 1. The zero-order chi connectivity index (χ0) is 14.5. The standard InChI is InChI=1S/C14H19N3O3.ClH/c1-10-9-15-6-5-13(10)16-14(18)8-11-3-2-4-12(7-11)17(19)20;/h2-4,7,10,13,15H,5-6,8-9H2,1H3,(H,16,18);1H. The lowest BCUT2D eigenvalue weighted by Crippen LogP contribution is -2.48. The molecule has 0 aliphatic carbocycles. The molecule has 21 heavy (non-hydrogen) atoms. The minimum absolute atomic E-state index is 0. The molecule has 1 fully saturated rings. The first kappa shape index (κ1) is 17.4. The smallest absolute Gasteiger partial charge is 0.269 e. The molecule has 1 amide bonds. The maximum atomic E-state index is 12.0. The van der Waals surface area contributed by atoms with Crippen molar-refractivity contribution in [2.24, 2.45) is 5.92 Å². The number of halogens is 1. The highest BCUT2D eigenvalue weighted by Gasteiger charge is 2.22. The Morgan fingerprint density at radius 2 is 2.29 bits per heavy atom. The number of nitro groups is 1. The molecule has 2 rings (SSSR count). The van der Waals surface area contributed by atoms with Crippen molar-refractivity contribution in [1.82, 2.24) is 10.6 Å². The van der Waals surface area contributed by atoms with Crippen molar-refractivity contribution in [2.75, 3.05) is 13.1 Å². The molecule has 1 aliphatic rings. The van der Waals surface area contributed by atoms with Gasteiger partial charge in [0.25, 0.3) is 5.69 Å². The fourth-order valence-electron chi connectivity index (χ4n) is 2.45. The number of amides is 1. The van der Waals surface area contributed by atoms with Crippen LogP contribution in [0.15, 0.2) is 24.3 Å². The zero-order valence-corrected chi connectivity index (χ0v) is 12.7. The van der Waals surface area contributed by atoms with E-state index < -0.39 is 4.92 Å². The van der Waals surface area contributed by atoms with E-state index in [0.29, 0.717) is 11.5 Å². The summed E-state index contributed by atoms with van der Waals surface area (Å²) in [6, 6.07) is 6.40. The Balaban J connectivity index is 0.00000220. The largest absolute Gasteiger partial charge is 0.353 e. The topological polar surface area (TPSA) is 84.3 Å². The molecular formula is C14H20ClN3O3. The number of nitrogens with one attached hydrogen (secondary N) is 2. The number of nitro benzene ring substituents is 1. The van der Waals surface area contributed by atoms with Crippen molar-refractivity contribution >= 4 is 24.0 Å². The lowest BCUT2D eigenvalue weighted by molar-refractivity contribution is -0.384. The molecule has 2 N–H and O–H groups in total. The normalized spacial score (nSPS) is 21.2. The average molecular weight is 314 g/mol. The fourth-order valence-corrected chi connectivity index (χ4v) is 2.45. The van der Waals surface area contributed by atoms with Crippen molar-refractivity contribution in [1.29, 1.82) is 0 Å². The predicted octanol–water partition coefficient (Wildman–Crippen LogP) is 1.67. The van der Waals surface area contributed by atoms with E-state index in [9.17, 15) is 14.9 Å². The minimum Gasteiger partial charge on any atom is -0.353 e. The number of non-ortho nitro benzene ring substituents is 1. The minimum atomic E-state index is -0.448. The van der Waals surface area contributed by atoms with Crippen molar-refractivity contribution in [3.63, 3.8) is 0 Å². The van der Waals surface area contributed by atoms with E-state index in [1.807, 2.05) is 0 Å². The molecular weight excluding hydrogens is 294 g/mol. The number of benzene rings is 1. The van der Waals surface area contributed by atoms with Crippen molar-refractivity contribution in [3.05, 3.63) is 39.9 Å². The maximum absolute atomic E-state index is 12.0. The van der Waals surface area contributed by atoms with Crippen molar-refractivity contribution in [2.45, 2.75) is 25.8 Å². The van der Waals surface area contributed by atoms with E-state index in [1.54, 1.807) is 12.1 Å². The molecule has 1 heterocycles. The molecule has 1 aliphatic heterocycles. The van der Waals surface area contributed by atoms with Crippen molar-refractivity contribution < 1.29 is 9.72 Å². The lowest BCUT2D eigenvalue weighted by Gasteiger charge is -2.30.